The first kappa shape index (κ1) is 13.5. The number of aromatic nitrogens is 1. The minimum absolute atomic E-state index is 0.0772. The number of nitrogens with zero attached hydrogens (tertiary/aromatic N) is 1. The Bertz CT molecular complexity index is 397. The summed E-state index contributed by atoms with van der Waals surface area (Å²) in [6.07, 6.45) is 5.05. The average molecular weight is 268 g/mol. The molecule has 1 fully saturated rings. The zero-order valence-electron chi connectivity index (χ0n) is 10.7. The van der Waals surface area contributed by atoms with Crippen LogP contribution in [0.3, 0.4) is 0 Å². The van der Waals surface area contributed by atoms with Gasteiger partial charge in [-0.3, -0.25) is 0 Å². The van der Waals surface area contributed by atoms with Crippen LogP contribution in [-0.4, -0.2) is 23.6 Å². The highest BCUT2D eigenvalue weighted by molar-refractivity contribution is 7.09. The Morgan fingerprint density at radius 2 is 2.22 bits per heavy atom. The molecule has 1 aliphatic rings. The number of esters is 1. The number of thiazole rings is 1. The monoisotopic (exact) mass is 268 g/mol. The summed E-state index contributed by atoms with van der Waals surface area (Å²) in [4.78, 5) is 16.1. The lowest BCUT2D eigenvalue weighted by Crippen LogP contribution is -2.23. The van der Waals surface area contributed by atoms with Gasteiger partial charge in [0.05, 0.1) is 5.01 Å². The molecule has 18 heavy (non-hydrogen) atoms. The number of rotatable bonds is 4. The van der Waals surface area contributed by atoms with E-state index in [9.17, 15) is 4.79 Å². The fourth-order valence-electron chi connectivity index (χ4n) is 2.20. The molecule has 0 saturated heterocycles. The quantitative estimate of drug-likeness (QED) is 0.851. The van der Waals surface area contributed by atoms with Crippen molar-refractivity contribution in [2.24, 2.45) is 11.7 Å². The molecule has 0 spiro atoms. The van der Waals surface area contributed by atoms with Crippen molar-refractivity contribution in [3.63, 3.8) is 0 Å². The van der Waals surface area contributed by atoms with Gasteiger partial charge in [-0.1, -0.05) is 6.92 Å². The van der Waals surface area contributed by atoms with Gasteiger partial charge in [-0.05, 0) is 38.1 Å². The van der Waals surface area contributed by atoms with E-state index in [1.165, 1.54) is 11.3 Å². The summed E-state index contributed by atoms with van der Waals surface area (Å²) in [5, 5.41) is 2.67. The Labute approximate surface area is 112 Å². The molecule has 1 saturated carbocycles. The SMILES string of the molecule is CC1CCC(OC(=O)c2csc(CCN)n2)CC1. The normalized spacial score (nSPS) is 23.9. The van der Waals surface area contributed by atoms with E-state index in [1.807, 2.05) is 0 Å². The second-order valence-electron chi connectivity index (χ2n) is 4.95. The summed E-state index contributed by atoms with van der Waals surface area (Å²) in [5.41, 5.74) is 5.89. The summed E-state index contributed by atoms with van der Waals surface area (Å²) < 4.78 is 5.49. The molecule has 1 aromatic heterocycles. The lowest BCUT2D eigenvalue weighted by Gasteiger charge is -2.25. The van der Waals surface area contributed by atoms with Gasteiger partial charge in [-0.25, -0.2) is 9.78 Å². The Balaban J connectivity index is 1.86. The molecule has 2 N–H and O–H groups in total. The van der Waals surface area contributed by atoms with Gasteiger partial charge in [0.2, 0.25) is 0 Å². The fraction of sp³-hybridized carbons (Fsp3) is 0.692. The lowest BCUT2D eigenvalue weighted by molar-refractivity contribution is 0.0168. The van der Waals surface area contributed by atoms with Crippen LogP contribution in [0.2, 0.25) is 0 Å². The minimum atomic E-state index is -0.283. The van der Waals surface area contributed by atoms with Crippen LogP contribution in [0.25, 0.3) is 0 Å². The molecule has 0 atom stereocenters. The summed E-state index contributed by atoms with van der Waals surface area (Å²) in [6.45, 7) is 2.81. The van der Waals surface area contributed by atoms with Gasteiger partial charge in [-0.15, -0.1) is 11.3 Å². The van der Waals surface area contributed by atoms with Crippen molar-refractivity contribution in [2.75, 3.05) is 6.54 Å². The van der Waals surface area contributed by atoms with Crippen LogP contribution in [0.5, 0.6) is 0 Å². The third kappa shape index (κ3) is 3.53. The largest absolute Gasteiger partial charge is 0.458 e. The molecular formula is C13H20N2O2S. The third-order valence-corrected chi connectivity index (χ3v) is 4.26. The highest BCUT2D eigenvalue weighted by atomic mass is 32.1. The van der Waals surface area contributed by atoms with E-state index < -0.39 is 0 Å². The zero-order chi connectivity index (χ0) is 13.0. The molecular weight excluding hydrogens is 248 g/mol. The van der Waals surface area contributed by atoms with Crippen molar-refractivity contribution >= 4 is 17.3 Å². The maximum Gasteiger partial charge on any atom is 0.358 e. The van der Waals surface area contributed by atoms with E-state index in [2.05, 4.69) is 11.9 Å². The smallest absolute Gasteiger partial charge is 0.358 e. The van der Waals surface area contributed by atoms with Gasteiger partial charge in [-0.2, -0.15) is 0 Å². The molecule has 1 aromatic rings. The van der Waals surface area contributed by atoms with Crippen LogP contribution < -0.4 is 5.73 Å². The molecule has 5 heteroatoms. The Hall–Kier alpha value is -0.940. The Morgan fingerprint density at radius 1 is 1.50 bits per heavy atom. The number of nitrogens with two attached hydrogens (primary N) is 1. The minimum Gasteiger partial charge on any atom is -0.458 e. The number of carbonyl (C=O) groups is 1. The Morgan fingerprint density at radius 3 is 2.89 bits per heavy atom. The maximum atomic E-state index is 11.9. The standard InChI is InChI=1S/C13H20N2O2S/c1-9-2-4-10(5-3-9)17-13(16)11-8-18-12(15-11)6-7-14/h8-10H,2-7,14H2,1H3. The van der Waals surface area contributed by atoms with Crippen LogP contribution in [0, 0.1) is 5.92 Å². The van der Waals surface area contributed by atoms with Crippen LogP contribution >= 0.6 is 11.3 Å². The predicted molar refractivity (Wildman–Crippen MR) is 71.7 cm³/mol. The molecule has 0 bridgehead atoms. The second kappa shape index (κ2) is 6.29. The molecule has 0 aliphatic heterocycles. The molecule has 0 amide bonds. The van der Waals surface area contributed by atoms with Crippen LogP contribution in [-0.2, 0) is 11.2 Å². The van der Waals surface area contributed by atoms with Crippen molar-refractivity contribution in [1.82, 2.24) is 4.98 Å². The zero-order valence-corrected chi connectivity index (χ0v) is 11.5. The average Bonchev–Trinajstić information content (AvgIpc) is 2.81. The van der Waals surface area contributed by atoms with Crippen molar-refractivity contribution < 1.29 is 9.53 Å². The van der Waals surface area contributed by atoms with E-state index in [0.717, 1.165) is 43.0 Å². The molecule has 4 nitrogen and oxygen atoms in total. The fourth-order valence-corrected chi connectivity index (χ4v) is 2.99. The van der Waals surface area contributed by atoms with Crippen LogP contribution in [0.1, 0.15) is 48.1 Å². The number of carbonyl (C=O) groups excluding carboxylic acids is 1. The van der Waals surface area contributed by atoms with Gasteiger partial charge in [0.15, 0.2) is 5.69 Å². The van der Waals surface area contributed by atoms with Gasteiger partial charge >= 0.3 is 5.97 Å². The van der Waals surface area contributed by atoms with Gasteiger partial charge < -0.3 is 10.5 Å². The number of ether oxygens (including phenoxy) is 1. The molecule has 0 aromatic carbocycles. The highest BCUT2D eigenvalue weighted by Gasteiger charge is 2.23. The van der Waals surface area contributed by atoms with Gasteiger partial charge in [0.1, 0.15) is 6.10 Å². The van der Waals surface area contributed by atoms with Gasteiger partial charge in [0.25, 0.3) is 0 Å². The van der Waals surface area contributed by atoms with E-state index in [1.54, 1.807) is 5.38 Å². The van der Waals surface area contributed by atoms with Crippen molar-refractivity contribution in [3.05, 3.63) is 16.1 Å². The molecule has 0 radical (unpaired) electrons. The topological polar surface area (TPSA) is 65.2 Å². The van der Waals surface area contributed by atoms with Crippen molar-refractivity contribution in [1.29, 1.82) is 0 Å². The molecule has 100 valence electrons. The first-order valence-corrected chi connectivity index (χ1v) is 7.42. The molecule has 1 aliphatic carbocycles. The van der Waals surface area contributed by atoms with Crippen LogP contribution in [0.4, 0.5) is 0 Å². The first-order chi connectivity index (χ1) is 8.69. The molecule has 2 rings (SSSR count). The van der Waals surface area contributed by atoms with Crippen molar-refractivity contribution in [3.8, 4) is 0 Å². The summed E-state index contributed by atoms with van der Waals surface area (Å²) in [5.74, 6) is 0.476. The number of hydrogen-bond donors (Lipinski definition) is 1. The maximum absolute atomic E-state index is 11.9. The number of hydrogen-bond acceptors (Lipinski definition) is 5. The predicted octanol–water partition coefficient (Wildman–Crippen LogP) is 2.38. The third-order valence-electron chi connectivity index (χ3n) is 3.36. The highest BCUT2D eigenvalue weighted by Crippen LogP contribution is 2.26. The van der Waals surface area contributed by atoms with Crippen LogP contribution in [0.15, 0.2) is 5.38 Å². The second-order valence-corrected chi connectivity index (χ2v) is 5.90. The Kier molecular flexibility index (Phi) is 4.72. The summed E-state index contributed by atoms with van der Waals surface area (Å²) in [7, 11) is 0. The van der Waals surface area contributed by atoms with E-state index in [0.29, 0.717) is 12.2 Å². The first-order valence-electron chi connectivity index (χ1n) is 6.54. The summed E-state index contributed by atoms with van der Waals surface area (Å²) >= 11 is 1.47. The van der Waals surface area contributed by atoms with Gasteiger partial charge in [0, 0.05) is 11.8 Å². The molecule has 0 unspecified atom stereocenters. The lowest BCUT2D eigenvalue weighted by atomic mass is 9.89. The van der Waals surface area contributed by atoms with E-state index >= 15 is 0 Å². The van der Waals surface area contributed by atoms with Crippen molar-refractivity contribution in [2.45, 2.75) is 45.1 Å². The van der Waals surface area contributed by atoms with E-state index in [4.69, 9.17) is 10.5 Å². The summed E-state index contributed by atoms with van der Waals surface area (Å²) in [6, 6.07) is 0. The molecule has 1 heterocycles. The van der Waals surface area contributed by atoms with E-state index in [-0.39, 0.29) is 12.1 Å².